The third kappa shape index (κ3) is 2.79. The summed E-state index contributed by atoms with van der Waals surface area (Å²) in [5.41, 5.74) is 2.81. The van der Waals surface area contributed by atoms with Gasteiger partial charge in [-0.25, -0.2) is 0 Å². The van der Waals surface area contributed by atoms with Crippen LogP contribution >= 0.6 is 0 Å². The molecule has 0 unspecified atom stereocenters. The monoisotopic (exact) mass is 311 g/mol. The van der Waals surface area contributed by atoms with Crippen molar-refractivity contribution in [3.05, 3.63) is 52.8 Å². The summed E-state index contributed by atoms with van der Waals surface area (Å²) in [6, 6.07) is 9.92. The second-order valence-corrected chi connectivity index (χ2v) is 6.60. The van der Waals surface area contributed by atoms with Gasteiger partial charge in [0.1, 0.15) is 11.4 Å². The van der Waals surface area contributed by atoms with Crippen molar-refractivity contribution in [2.75, 3.05) is 0 Å². The Morgan fingerprint density at radius 1 is 1.22 bits per heavy atom. The molecule has 2 aromatic rings. The van der Waals surface area contributed by atoms with E-state index in [1.165, 1.54) is 5.56 Å². The zero-order chi connectivity index (χ0) is 16.6. The second-order valence-electron chi connectivity index (χ2n) is 6.60. The van der Waals surface area contributed by atoms with E-state index in [9.17, 15) is 9.59 Å². The van der Waals surface area contributed by atoms with Crippen molar-refractivity contribution in [3.63, 3.8) is 0 Å². The van der Waals surface area contributed by atoms with Gasteiger partial charge in [0, 0.05) is 6.54 Å². The van der Waals surface area contributed by atoms with Crippen LogP contribution in [0.15, 0.2) is 30.3 Å². The molecule has 2 heterocycles. The van der Waals surface area contributed by atoms with Crippen LogP contribution in [0.5, 0.6) is 0 Å². The first-order chi connectivity index (χ1) is 10.9. The molecule has 23 heavy (non-hydrogen) atoms. The quantitative estimate of drug-likeness (QED) is 0.816. The highest BCUT2D eigenvalue weighted by Gasteiger charge is 2.39. The van der Waals surface area contributed by atoms with E-state index in [1.807, 2.05) is 18.7 Å². The number of nitrogens with zero attached hydrogens (tertiary/aromatic N) is 3. The van der Waals surface area contributed by atoms with Crippen LogP contribution in [-0.2, 0) is 19.5 Å². The van der Waals surface area contributed by atoms with E-state index in [1.54, 1.807) is 10.7 Å². The van der Waals surface area contributed by atoms with E-state index in [0.29, 0.717) is 30.8 Å². The van der Waals surface area contributed by atoms with Crippen molar-refractivity contribution in [2.45, 2.75) is 45.8 Å². The van der Waals surface area contributed by atoms with Crippen LogP contribution in [0.3, 0.4) is 0 Å². The zero-order valence-corrected chi connectivity index (χ0v) is 13.7. The fourth-order valence-electron chi connectivity index (χ4n) is 3.00. The molecule has 0 aliphatic carbocycles. The number of hydrogen-bond donors (Lipinski definition) is 0. The first-order valence-corrected chi connectivity index (χ1v) is 7.87. The average Bonchev–Trinajstić information content (AvgIpc) is 2.94. The van der Waals surface area contributed by atoms with Crippen LogP contribution in [0.2, 0.25) is 0 Å². The lowest BCUT2D eigenvalue weighted by Gasteiger charge is -2.42. The number of rotatable bonds is 4. The Kier molecular flexibility index (Phi) is 3.80. The van der Waals surface area contributed by atoms with E-state index in [0.717, 1.165) is 12.0 Å². The van der Waals surface area contributed by atoms with Crippen LogP contribution in [-0.4, -0.2) is 32.4 Å². The van der Waals surface area contributed by atoms with Crippen molar-refractivity contribution >= 4 is 12.2 Å². The first-order valence-electron chi connectivity index (χ1n) is 7.87. The number of aromatic nitrogens is 2. The van der Waals surface area contributed by atoms with Crippen LogP contribution in [0.1, 0.15) is 52.9 Å². The molecule has 1 amide bonds. The molecule has 0 spiro atoms. The second kappa shape index (κ2) is 5.65. The predicted molar refractivity (Wildman–Crippen MR) is 87.4 cm³/mol. The molecule has 0 atom stereocenters. The van der Waals surface area contributed by atoms with E-state index < -0.39 is 0 Å². The number of carbonyl (C=O) groups excluding carboxylic acids is 2. The Morgan fingerprint density at radius 2 is 1.87 bits per heavy atom. The van der Waals surface area contributed by atoms with Crippen LogP contribution in [0.25, 0.3) is 0 Å². The smallest absolute Gasteiger partial charge is 0.272 e. The van der Waals surface area contributed by atoms with Gasteiger partial charge in [-0.15, -0.1) is 0 Å². The number of amides is 1. The summed E-state index contributed by atoms with van der Waals surface area (Å²) in [4.78, 5) is 25.6. The molecule has 0 saturated heterocycles. The van der Waals surface area contributed by atoms with Gasteiger partial charge in [0.25, 0.3) is 5.91 Å². The summed E-state index contributed by atoms with van der Waals surface area (Å²) in [5.74, 6) is -0.0820. The van der Waals surface area contributed by atoms with Gasteiger partial charge < -0.3 is 4.90 Å². The van der Waals surface area contributed by atoms with Gasteiger partial charge in [-0.1, -0.05) is 31.2 Å². The SMILES string of the molecule is CCc1ccc(CN2C(=O)c3cc(C=O)nn3CC2(C)C)cc1. The number of aryl methyl sites for hydroxylation is 1. The molecule has 120 valence electrons. The molecule has 1 aliphatic rings. The van der Waals surface area contributed by atoms with Gasteiger partial charge >= 0.3 is 0 Å². The van der Waals surface area contributed by atoms with Crippen molar-refractivity contribution in [2.24, 2.45) is 0 Å². The standard InChI is InChI=1S/C18H21N3O2/c1-4-13-5-7-14(8-6-13)10-20-17(23)16-9-15(11-22)19-21(16)12-18(20,2)3/h5-9,11H,4,10,12H2,1-3H3. The lowest BCUT2D eigenvalue weighted by Crippen LogP contribution is -2.54. The van der Waals surface area contributed by atoms with Crippen molar-refractivity contribution < 1.29 is 9.59 Å². The van der Waals surface area contributed by atoms with Gasteiger partial charge in [-0.2, -0.15) is 5.10 Å². The Hall–Kier alpha value is -2.43. The van der Waals surface area contributed by atoms with E-state index >= 15 is 0 Å². The van der Waals surface area contributed by atoms with Crippen LogP contribution in [0.4, 0.5) is 0 Å². The predicted octanol–water partition coefficient (Wildman–Crippen LogP) is 2.69. The number of hydrogen-bond acceptors (Lipinski definition) is 3. The van der Waals surface area contributed by atoms with Gasteiger partial charge in [0.05, 0.1) is 12.1 Å². The minimum atomic E-state index is -0.361. The highest BCUT2D eigenvalue weighted by Crippen LogP contribution is 2.28. The maximum absolute atomic E-state index is 12.8. The molecule has 5 nitrogen and oxygen atoms in total. The summed E-state index contributed by atoms with van der Waals surface area (Å²) in [6.07, 6.45) is 1.68. The van der Waals surface area contributed by atoms with Crippen molar-refractivity contribution in [1.29, 1.82) is 0 Å². The molecule has 1 aromatic carbocycles. The molecule has 1 aromatic heterocycles. The van der Waals surface area contributed by atoms with E-state index in [2.05, 4.69) is 36.3 Å². The van der Waals surface area contributed by atoms with Crippen molar-refractivity contribution in [3.8, 4) is 0 Å². The van der Waals surface area contributed by atoms with Crippen molar-refractivity contribution in [1.82, 2.24) is 14.7 Å². The molecule has 5 heteroatoms. The molecular formula is C18H21N3O2. The summed E-state index contributed by atoms with van der Waals surface area (Å²) >= 11 is 0. The van der Waals surface area contributed by atoms with Gasteiger partial charge in [-0.3, -0.25) is 14.3 Å². The number of aldehydes is 1. The van der Waals surface area contributed by atoms with E-state index in [-0.39, 0.29) is 11.4 Å². The normalized spacial score (nSPS) is 16.3. The van der Waals surface area contributed by atoms with E-state index in [4.69, 9.17) is 0 Å². The topological polar surface area (TPSA) is 55.2 Å². The molecule has 0 radical (unpaired) electrons. The Morgan fingerprint density at radius 3 is 2.48 bits per heavy atom. The maximum Gasteiger partial charge on any atom is 0.272 e. The Bertz CT molecular complexity index is 744. The average molecular weight is 311 g/mol. The lowest BCUT2D eigenvalue weighted by molar-refractivity contribution is 0.0368. The van der Waals surface area contributed by atoms with Gasteiger partial charge in [0.15, 0.2) is 6.29 Å². The molecule has 1 aliphatic heterocycles. The Labute approximate surface area is 135 Å². The first kappa shape index (κ1) is 15.5. The minimum Gasteiger partial charge on any atom is -0.326 e. The Balaban J connectivity index is 1.91. The summed E-state index contributed by atoms with van der Waals surface area (Å²) in [5, 5.41) is 4.18. The summed E-state index contributed by atoms with van der Waals surface area (Å²) < 4.78 is 1.64. The largest absolute Gasteiger partial charge is 0.326 e. The molecule has 0 bridgehead atoms. The number of fused-ring (bicyclic) bond motifs is 1. The molecule has 3 rings (SSSR count). The highest BCUT2D eigenvalue weighted by molar-refractivity contribution is 5.95. The summed E-state index contributed by atoms with van der Waals surface area (Å²) in [7, 11) is 0. The molecule has 0 N–H and O–H groups in total. The molecule has 0 saturated carbocycles. The third-order valence-electron chi connectivity index (χ3n) is 4.42. The third-order valence-corrected chi connectivity index (χ3v) is 4.42. The highest BCUT2D eigenvalue weighted by atomic mass is 16.2. The fourth-order valence-corrected chi connectivity index (χ4v) is 3.00. The summed E-state index contributed by atoms with van der Waals surface area (Å²) in [6.45, 7) is 7.30. The number of carbonyl (C=O) groups is 2. The number of benzene rings is 1. The molecule has 0 fully saturated rings. The zero-order valence-electron chi connectivity index (χ0n) is 13.7. The minimum absolute atomic E-state index is 0.0820. The fraction of sp³-hybridized carbons (Fsp3) is 0.389. The van der Waals surface area contributed by atoms with Gasteiger partial charge in [-0.05, 0) is 37.5 Å². The lowest BCUT2D eigenvalue weighted by atomic mass is 9.97. The van der Waals surface area contributed by atoms with Crippen LogP contribution in [0, 0.1) is 0 Å². The van der Waals surface area contributed by atoms with Crippen LogP contribution < -0.4 is 0 Å². The molecular weight excluding hydrogens is 290 g/mol. The van der Waals surface area contributed by atoms with Gasteiger partial charge in [0.2, 0.25) is 0 Å². The maximum atomic E-state index is 12.8.